The molecule has 2 aromatic carbocycles. The van der Waals surface area contributed by atoms with Crippen LogP contribution in [0.4, 0.5) is 13.2 Å². The number of hydrogen-bond acceptors (Lipinski definition) is 2. The Hall–Kier alpha value is -2.15. The van der Waals surface area contributed by atoms with Gasteiger partial charge in [-0.1, -0.05) is 30.3 Å². The Bertz CT molecular complexity index is 744. The van der Waals surface area contributed by atoms with Gasteiger partial charge in [0.1, 0.15) is 0 Å². The molecule has 0 spiro atoms. The molecule has 0 radical (unpaired) electrons. The molecule has 0 aliphatic heterocycles. The maximum absolute atomic E-state index is 12.7. The van der Waals surface area contributed by atoms with E-state index in [1.54, 1.807) is 18.2 Å². The van der Waals surface area contributed by atoms with Crippen LogP contribution in [0.3, 0.4) is 0 Å². The van der Waals surface area contributed by atoms with Crippen LogP contribution in [0.1, 0.15) is 27.0 Å². The lowest BCUT2D eigenvalue weighted by Gasteiger charge is -2.09. The second-order valence-corrected chi connectivity index (χ2v) is 6.45. The van der Waals surface area contributed by atoms with Crippen LogP contribution in [0.2, 0.25) is 0 Å². The largest absolute Gasteiger partial charge is 0.416 e. The lowest BCUT2D eigenvalue weighted by atomic mass is 10.1. The average Bonchev–Trinajstić information content (AvgIpc) is 2.46. The van der Waals surface area contributed by atoms with Crippen LogP contribution >= 0.6 is 0 Å². The summed E-state index contributed by atoms with van der Waals surface area (Å²) in [4.78, 5) is 11.1. The topological polar surface area (TPSA) is 60.2 Å². The summed E-state index contributed by atoms with van der Waals surface area (Å²) in [6, 6.07) is 11.2. The molecule has 3 nitrogen and oxygen atoms in total. The van der Waals surface area contributed by atoms with E-state index in [0.717, 1.165) is 12.1 Å². The Labute approximate surface area is 133 Å². The van der Waals surface area contributed by atoms with E-state index in [0.29, 0.717) is 16.7 Å². The third-order valence-corrected chi connectivity index (χ3v) is 4.43. The maximum Gasteiger partial charge on any atom is 0.416 e. The first-order valence-electron chi connectivity index (χ1n) is 6.65. The van der Waals surface area contributed by atoms with E-state index in [1.165, 1.54) is 18.2 Å². The van der Waals surface area contributed by atoms with Crippen molar-refractivity contribution in [2.24, 2.45) is 5.73 Å². The number of carbonyl (C=O) groups excluding carboxylic acids is 1. The second-order valence-electron chi connectivity index (χ2n) is 4.99. The molecule has 0 aliphatic rings. The average molecular weight is 341 g/mol. The van der Waals surface area contributed by atoms with Gasteiger partial charge in [0.05, 0.1) is 5.56 Å². The zero-order valence-electron chi connectivity index (χ0n) is 12.0. The summed E-state index contributed by atoms with van der Waals surface area (Å²) < 4.78 is 50.1. The van der Waals surface area contributed by atoms with Gasteiger partial charge in [0, 0.05) is 27.9 Å². The zero-order valence-corrected chi connectivity index (χ0v) is 12.8. The Morgan fingerprint density at radius 2 is 1.57 bits per heavy atom. The van der Waals surface area contributed by atoms with Crippen molar-refractivity contribution in [2.75, 3.05) is 0 Å². The highest BCUT2D eigenvalue weighted by molar-refractivity contribution is 7.83. The predicted octanol–water partition coefficient (Wildman–Crippen LogP) is 3.25. The maximum atomic E-state index is 12.7. The Morgan fingerprint density at radius 1 is 1.00 bits per heavy atom. The number of hydrogen-bond donors (Lipinski definition) is 1. The van der Waals surface area contributed by atoms with Gasteiger partial charge in [-0.15, -0.1) is 0 Å². The van der Waals surface area contributed by atoms with E-state index in [4.69, 9.17) is 5.73 Å². The second kappa shape index (κ2) is 6.95. The quantitative estimate of drug-likeness (QED) is 0.907. The van der Waals surface area contributed by atoms with Crippen LogP contribution < -0.4 is 5.73 Å². The fourth-order valence-electron chi connectivity index (χ4n) is 2.07. The molecule has 0 fully saturated rings. The van der Waals surface area contributed by atoms with Crippen molar-refractivity contribution in [3.05, 3.63) is 70.8 Å². The Balaban J connectivity index is 2.08. The Kier molecular flexibility index (Phi) is 5.20. The molecule has 1 amide bonds. The van der Waals surface area contributed by atoms with Gasteiger partial charge in [-0.05, 0) is 29.3 Å². The summed E-state index contributed by atoms with van der Waals surface area (Å²) in [7, 11) is -1.40. The van der Waals surface area contributed by atoms with Crippen molar-refractivity contribution in [1.29, 1.82) is 0 Å². The first kappa shape index (κ1) is 17.2. The van der Waals surface area contributed by atoms with E-state index in [1.807, 2.05) is 0 Å². The van der Waals surface area contributed by atoms with Crippen molar-refractivity contribution in [1.82, 2.24) is 0 Å². The fourth-order valence-corrected chi connectivity index (χ4v) is 3.28. The molecule has 1 unspecified atom stereocenters. The number of nitrogens with two attached hydrogens (primary N) is 1. The van der Waals surface area contributed by atoms with Gasteiger partial charge in [-0.3, -0.25) is 9.00 Å². The van der Waals surface area contributed by atoms with Crippen LogP contribution in [0, 0.1) is 0 Å². The summed E-state index contributed by atoms with van der Waals surface area (Å²) in [5.74, 6) is -0.447. The third-order valence-electron chi connectivity index (χ3n) is 3.12. The molecular formula is C16H14F3NO2S. The number of primary amides is 1. The van der Waals surface area contributed by atoms with Crippen LogP contribution in [-0.2, 0) is 28.5 Å². The normalized spacial score (nSPS) is 12.8. The highest BCUT2D eigenvalue weighted by Gasteiger charge is 2.30. The molecule has 7 heteroatoms. The molecule has 1 atom stereocenters. The molecule has 0 heterocycles. The third kappa shape index (κ3) is 4.92. The SMILES string of the molecule is NC(=O)c1cccc(CS(=O)Cc2cccc(C(F)(F)F)c2)c1. The molecule has 0 aliphatic carbocycles. The van der Waals surface area contributed by atoms with E-state index in [9.17, 15) is 22.2 Å². The lowest BCUT2D eigenvalue weighted by Crippen LogP contribution is -2.11. The summed E-state index contributed by atoms with van der Waals surface area (Å²) >= 11 is 0. The van der Waals surface area contributed by atoms with Gasteiger partial charge >= 0.3 is 6.18 Å². The molecule has 2 N–H and O–H groups in total. The minimum atomic E-state index is -4.42. The first-order chi connectivity index (χ1) is 10.8. The van der Waals surface area contributed by atoms with Gasteiger partial charge in [-0.2, -0.15) is 13.2 Å². The molecule has 0 aromatic heterocycles. The van der Waals surface area contributed by atoms with Gasteiger partial charge in [0.2, 0.25) is 5.91 Å². The van der Waals surface area contributed by atoms with E-state index in [-0.39, 0.29) is 11.5 Å². The molecule has 2 rings (SSSR count). The smallest absolute Gasteiger partial charge is 0.366 e. The first-order valence-corrected chi connectivity index (χ1v) is 8.14. The van der Waals surface area contributed by atoms with Gasteiger partial charge in [-0.25, -0.2) is 0 Å². The van der Waals surface area contributed by atoms with Crippen molar-refractivity contribution >= 4 is 16.7 Å². The fraction of sp³-hybridized carbons (Fsp3) is 0.188. The van der Waals surface area contributed by atoms with Crippen molar-refractivity contribution in [3.63, 3.8) is 0 Å². The van der Waals surface area contributed by atoms with Crippen molar-refractivity contribution in [3.8, 4) is 0 Å². The molecule has 0 bridgehead atoms. The van der Waals surface area contributed by atoms with Crippen LogP contribution in [0.5, 0.6) is 0 Å². The number of halogens is 3. The molecule has 0 saturated carbocycles. The lowest BCUT2D eigenvalue weighted by molar-refractivity contribution is -0.137. The van der Waals surface area contributed by atoms with Crippen LogP contribution in [0.15, 0.2) is 48.5 Å². The van der Waals surface area contributed by atoms with Crippen molar-refractivity contribution in [2.45, 2.75) is 17.7 Å². The van der Waals surface area contributed by atoms with E-state index < -0.39 is 28.4 Å². The highest BCUT2D eigenvalue weighted by Crippen LogP contribution is 2.29. The Morgan fingerprint density at radius 3 is 2.13 bits per heavy atom. The molecule has 0 saturated heterocycles. The predicted molar refractivity (Wildman–Crippen MR) is 82.0 cm³/mol. The van der Waals surface area contributed by atoms with Gasteiger partial charge < -0.3 is 5.73 Å². The number of amides is 1. The highest BCUT2D eigenvalue weighted by atomic mass is 32.2. The molecule has 2 aromatic rings. The molecule has 122 valence electrons. The summed E-state index contributed by atoms with van der Waals surface area (Å²) in [6.45, 7) is 0. The van der Waals surface area contributed by atoms with Gasteiger partial charge in [0.25, 0.3) is 0 Å². The van der Waals surface area contributed by atoms with E-state index in [2.05, 4.69) is 0 Å². The standard InChI is InChI=1S/C16H14F3NO2S/c17-16(18,19)14-6-2-4-12(8-14)10-23(22)9-11-3-1-5-13(7-11)15(20)21/h1-8H,9-10H2,(H2,20,21). The minimum Gasteiger partial charge on any atom is -0.366 e. The molecule has 23 heavy (non-hydrogen) atoms. The monoisotopic (exact) mass is 341 g/mol. The molecular weight excluding hydrogens is 327 g/mol. The van der Waals surface area contributed by atoms with E-state index >= 15 is 0 Å². The van der Waals surface area contributed by atoms with Gasteiger partial charge in [0.15, 0.2) is 0 Å². The summed E-state index contributed by atoms with van der Waals surface area (Å²) in [6.07, 6.45) is -4.42. The summed E-state index contributed by atoms with van der Waals surface area (Å²) in [5.41, 5.74) is 5.71. The number of carbonyl (C=O) groups is 1. The minimum absolute atomic E-state index is 0.00468. The van der Waals surface area contributed by atoms with Crippen LogP contribution in [-0.4, -0.2) is 10.1 Å². The van der Waals surface area contributed by atoms with Crippen LogP contribution in [0.25, 0.3) is 0 Å². The van der Waals surface area contributed by atoms with Crippen molar-refractivity contribution < 1.29 is 22.2 Å². The number of benzene rings is 2. The number of alkyl halides is 3. The summed E-state index contributed by atoms with van der Waals surface area (Å²) in [5, 5.41) is 0. The number of rotatable bonds is 5. The zero-order chi connectivity index (χ0) is 17.0.